The van der Waals surface area contributed by atoms with Gasteiger partial charge in [0.05, 0.1) is 6.85 Å². The summed E-state index contributed by atoms with van der Waals surface area (Å²) in [4.78, 5) is 0. The Morgan fingerprint density at radius 1 is 0.388 bits per heavy atom. The summed E-state index contributed by atoms with van der Waals surface area (Å²) < 4.78 is 49.0. The average Bonchev–Trinajstić information content (AvgIpc) is 3.61. The van der Waals surface area contributed by atoms with Crippen molar-refractivity contribution in [3.63, 3.8) is 0 Å². The molecule has 1 heterocycles. The quantitative estimate of drug-likeness (QED) is 0.173. The van der Waals surface area contributed by atoms with Gasteiger partial charge < -0.3 is 4.42 Å². The Morgan fingerprint density at radius 2 is 0.939 bits per heavy atom. The molecular formula is C48H30O. The van der Waals surface area contributed by atoms with Crippen molar-refractivity contribution in [3.8, 4) is 55.8 Å². The second kappa shape index (κ2) is 11.1. The monoisotopic (exact) mass is 627 g/mol. The molecule has 0 amide bonds. The van der Waals surface area contributed by atoms with E-state index in [0.29, 0.717) is 22.3 Å². The SMILES string of the molecule is [2H]c1c([2H])c([2H])c(-c2c(-c3ccc(-c4cc(-c5ccccc5)c5ccc6ccc(-c7ccccc7)c7ccc4c5c67)cc3)oc3ccccc23)c([2H])c1[2H]. The summed E-state index contributed by atoms with van der Waals surface area (Å²) in [7, 11) is 0. The number of benzene rings is 9. The predicted octanol–water partition coefficient (Wildman–Crippen LogP) is 13.7. The third kappa shape index (κ3) is 4.40. The lowest BCUT2D eigenvalue weighted by atomic mass is 9.84. The van der Waals surface area contributed by atoms with Gasteiger partial charge in [-0.1, -0.05) is 170 Å². The van der Waals surface area contributed by atoms with Gasteiger partial charge in [0.15, 0.2) is 0 Å². The maximum absolute atomic E-state index is 8.80. The number of para-hydroxylation sites is 1. The van der Waals surface area contributed by atoms with Crippen LogP contribution in [0.5, 0.6) is 0 Å². The van der Waals surface area contributed by atoms with Crippen LogP contribution in [0.3, 0.4) is 0 Å². The minimum Gasteiger partial charge on any atom is -0.455 e. The fraction of sp³-hybridized carbons (Fsp3) is 0. The fourth-order valence-corrected chi connectivity index (χ4v) is 7.53. The van der Waals surface area contributed by atoms with Crippen LogP contribution in [0.15, 0.2) is 186 Å². The van der Waals surface area contributed by atoms with E-state index in [1.807, 2.05) is 48.5 Å². The smallest absolute Gasteiger partial charge is 0.143 e. The fourth-order valence-electron chi connectivity index (χ4n) is 7.53. The first kappa shape index (κ1) is 23.0. The van der Waals surface area contributed by atoms with Crippen molar-refractivity contribution in [1.82, 2.24) is 0 Å². The molecular weight excluding hydrogens is 593 g/mol. The molecule has 0 spiro atoms. The van der Waals surface area contributed by atoms with Crippen molar-refractivity contribution in [2.45, 2.75) is 0 Å². The van der Waals surface area contributed by atoms with Crippen LogP contribution in [-0.2, 0) is 0 Å². The maximum Gasteiger partial charge on any atom is 0.143 e. The third-order valence-corrected chi connectivity index (χ3v) is 9.75. The van der Waals surface area contributed by atoms with E-state index < -0.39 is 6.04 Å². The van der Waals surface area contributed by atoms with Gasteiger partial charge in [-0.3, -0.25) is 0 Å². The molecule has 1 aromatic heterocycles. The summed E-state index contributed by atoms with van der Waals surface area (Å²) >= 11 is 0. The highest BCUT2D eigenvalue weighted by Gasteiger charge is 2.20. The number of furan rings is 1. The van der Waals surface area contributed by atoms with Crippen LogP contribution in [0.25, 0.3) is 99.1 Å². The highest BCUT2D eigenvalue weighted by atomic mass is 16.3. The number of rotatable bonds is 5. The van der Waals surface area contributed by atoms with Gasteiger partial charge in [0.25, 0.3) is 0 Å². The highest BCUT2D eigenvalue weighted by molar-refractivity contribution is 6.30. The van der Waals surface area contributed by atoms with Crippen LogP contribution in [-0.4, -0.2) is 0 Å². The van der Waals surface area contributed by atoms with E-state index in [1.165, 1.54) is 38.1 Å². The molecule has 0 aliphatic rings. The van der Waals surface area contributed by atoms with E-state index in [2.05, 4.69) is 103 Å². The van der Waals surface area contributed by atoms with Crippen LogP contribution in [0.2, 0.25) is 0 Å². The summed E-state index contributed by atoms with van der Waals surface area (Å²) in [6, 6.07) is 50.7. The van der Waals surface area contributed by atoms with Gasteiger partial charge in [-0.2, -0.15) is 0 Å². The molecule has 10 aromatic rings. The molecule has 0 aliphatic heterocycles. The summed E-state index contributed by atoms with van der Waals surface area (Å²) in [5, 5.41) is 7.92. The minimum atomic E-state index is -0.424. The molecule has 1 heteroatoms. The van der Waals surface area contributed by atoms with Gasteiger partial charge in [-0.15, -0.1) is 0 Å². The Hall–Kier alpha value is -6.44. The molecule has 0 unspecified atom stereocenters. The zero-order chi connectivity index (χ0) is 36.7. The van der Waals surface area contributed by atoms with Gasteiger partial charge in [0, 0.05) is 16.5 Å². The van der Waals surface area contributed by atoms with E-state index in [0.717, 1.165) is 33.2 Å². The molecule has 0 saturated heterocycles. The molecule has 10 rings (SSSR count). The second-order valence-corrected chi connectivity index (χ2v) is 12.4. The summed E-state index contributed by atoms with van der Waals surface area (Å²) in [5.74, 6) is 0.454. The molecule has 0 fully saturated rings. The van der Waals surface area contributed by atoms with Crippen molar-refractivity contribution in [1.29, 1.82) is 0 Å². The van der Waals surface area contributed by atoms with Crippen LogP contribution in [0.1, 0.15) is 6.85 Å². The van der Waals surface area contributed by atoms with Crippen LogP contribution in [0, 0.1) is 0 Å². The summed E-state index contributed by atoms with van der Waals surface area (Å²) in [6.07, 6.45) is 0. The Kier molecular flexibility index (Phi) is 5.20. The lowest BCUT2D eigenvalue weighted by Crippen LogP contribution is -1.92. The molecule has 49 heavy (non-hydrogen) atoms. The normalized spacial score (nSPS) is 13.1. The zero-order valence-corrected chi connectivity index (χ0v) is 26.3. The molecule has 0 aliphatic carbocycles. The van der Waals surface area contributed by atoms with Crippen molar-refractivity contribution in [2.75, 3.05) is 0 Å². The van der Waals surface area contributed by atoms with Gasteiger partial charge in [-0.05, 0) is 83.4 Å². The number of hydrogen-bond donors (Lipinski definition) is 0. The highest BCUT2D eigenvalue weighted by Crippen LogP contribution is 2.47. The first-order chi connectivity index (χ1) is 26.4. The molecule has 9 aromatic carbocycles. The first-order valence-electron chi connectivity index (χ1n) is 18.9. The van der Waals surface area contributed by atoms with E-state index in [9.17, 15) is 0 Å². The van der Waals surface area contributed by atoms with Crippen molar-refractivity contribution in [2.24, 2.45) is 0 Å². The van der Waals surface area contributed by atoms with Crippen molar-refractivity contribution < 1.29 is 11.3 Å². The Balaban J connectivity index is 1.21. The summed E-state index contributed by atoms with van der Waals surface area (Å²) in [5.41, 5.74) is 8.73. The maximum atomic E-state index is 8.80. The van der Waals surface area contributed by atoms with Gasteiger partial charge in [0.2, 0.25) is 0 Å². The van der Waals surface area contributed by atoms with E-state index >= 15 is 0 Å². The number of hydrogen-bond acceptors (Lipinski definition) is 1. The Labute approximate surface area is 291 Å². The minimum absolute atomic E-state index is 0.124. The molecule has 0 N–H and O–H groups in total. The van der Waals surface area contributed by atoms with E-state index in [-0.39, 0.29) is 29.7 Å². The standard InChI is InChI=1S/C48H30O/c1-4-12-31(13-5-1)37-26-24-35-25-27-39-42(32-14-6-2-7-15-32)30-43(40-29-28-38(37)45(35)47(39)40)33-20-22-36(23-21-33)48-46(34-16-8-3-9-17-34)41-18-10-11-19-44(41)49-48/h1-30H/i3D,8D,9D,16D,17D. The lowest BCUT2D eigenvalue weighted by molar-refractivity contribution is 0.632. The molecule has 228 valence electrons. The van der Waals surface area contributed by atoms with Crippen LogP contribution < -0.4 is 0 Å². The topological polar surface area (TPSA) is 13.1 Å². The third-order valence-electron chi connectivity index (χ3n) is 9.75. The van der Waals surface area contributed by atoms with E-state index in [4.69, 9.17) is 11.3 Å². The summed E-state index contributed by atoms with van der Waals surface area (Å²) in [6.45, 7) is 0. The molecule has 0 bridgehead atoms. The number of fused-ring (bicyclic) bond motifs is 1. The van der Waals surface area contributed by atoms with Crippen molar-refractivity contribution >= 4 is 43.3 Å². The molecule has 1 nitrogen and oxygen atoms in total. The first-order valence-corrected chi connectivity index (χ1v) is 16.4. The zero-order valence-electron chi connectivity index (χ0n) is 31.3. The lowest BCUT2D eigenvalue weighted by Gasteiger charge is -2.19. The predicted molar refractivity (Wildman–Crippen MR) is 207 cm³/mol. The van der Waals surface area contributed by atoms with Gasteiger partial charge in [0.1, 0.15) is 11.3 Å². The second-order valence-electron chi connectivity index (χ2n) is 12.4. The van der Waals surface area contributed by atoms with E-state index in [1.54, 1.807) is 0 Å². The Bertz CT molecular complexity index is 3050. The molecule has 0 atom stereocenters. The van der Waals surface area contributed by atoms with Gasteiger partial charge >= 0.3 is 0 Å². The Morgan fingerprint density at radius 3 is 1.65 bits per heavy atom. The largest absolute Gasteiger partial charge is 0.455 e. The van der Waals surface area contributed by atoms with Crippen LogP contribution >= 0.6 is 0 Å². The van der Waals surface area contributed by atoms with Crippen molar-refractivity contribution in [3.05, 3.63) is 182 Å². The van der Waals surface area contributed by atoms with Gasteiger partial charge in [-0.25, -0.2) is 0 Å². The molecule has 0 saturated carbocycles. The average molecular weight is 628 g/mol. The van der Waals surface area contributed by atoms with Crippen LogP contribution in [0.4, 0.5) is 0 Å². The molecule has 0 radical (unpaired) electrons.